The first-order chi connectivity index (χ1) is 11.6. The van der Waals surface area contributed by atoms with Gasteiger partial charge in [0.1, 0.15) is 0 Å². The molecule has 130 valence electrons. The second-order valence-corrected chi connectivity index (χ2v) is 6.18. The monoisotopic (exact) mass is 332 g/mol. The maximum atomic E-state index is 12.3. The molecule has 1 aliphatic heterocycles. The van der Waals surface area contributed by atoms with E-state index < -0.39 is 0 Å². The molecule has 3 heterocycles. The van der Waals surface area contributed by atoms with Crippen LogP contribution in [0.3, 0.4) is 0 Å². The Bertz CT molecular complexity index is 707. The largest absolute Gasteiger partial charge is 0.373 e. The molecule has 8 nitrogen and oxygen atoms in total. The summed E-state index contributed by atoms with van der Waals surface area (Å²) < 4.78 is 9.46. The third kappa shape index (κ3) is 3.33. The second kappa shape index (κ2) is 7.12. The standard InChI is InChI=1S/C16H24N6O2/c1-4-22-10-13(9-18-22)15-12(6-5-7-24-15)8-17-16(23)14-11(2)21(3)20-19-14/h9-10,12,15H,4-8H2,1-3H3,(H,17,23)/t12-,15+/m0/s1. The van der Waals surface area contributed by atoms with Gasteiger partial charge in [-0.25, -0.2) is 0 Å². The van der Waals surface area contributed by atoms with E-state index in [1.54, 1.807) is 11.7 Å². The normalized spacial score (nSPS) is 21.0. The zero-order chi connectivity index (χ0) is 17.1. The molecular weight excluding hydrogens is 308 g/mol. The van der Waals surface area contributed by atoms with Crippen LogP contribution in [0.4, 0.5) is 0 Å². The fourth-order valence-corrected chi connectivity index (χ4v) is 3.04. The number of carbonyl (C=O) groups is 1. The van der Waals surface area contributed by atoms with Gasteiger partial charge in [-0.1, -0.05) is 5.21 Å². The van der Waals surface area contributed by atoms with Gasteiger partial charge < -0.3 is 10.1 Å². The van der Waals surface area contributed by atoms with Crippen LogP contribution in [0, 0.1) is 12.8 Å². The molecule has 0 spiro atoms. The quantitative estimate of drug-likeness (QED) is 0.890. The number of hydrogen-bond acceptors (Lipinski definition) is 5. The van der Waals surface area contributed by atoms with Gasteiger partial charge in [0.25, 0.3) is 5.91 Å². The molecule has 0 bridgehead atoms. The molecule has 2 aromatic rings. The van der Waals surface area contributed by atoms with Crippen molar-refractivity contribution >= 4 is 5.91 Å². The van der Waals surface area contributed by atoms with Crippen LogP contribution >= 0.6 is 0 Å². The van der Waals surface area contributed by atoms with Crippen molar-refractivity contribution in [1.82, 2.24) is 30.1 Å². The highest BCUT2D eigenvalue weighted by Gasteiger charge is 2.29. The van der Waals surface area contributed by atoms with E-state index in [1.165, 1.54) is 0 Å². The Labute approximate surface area is 141 Å². The van der Waals surface area contributed by atoms with Crippen molar-refractivity contribution in [2.75, 3.05) is 13.2 Å². The summed E-state index contributed by atoms with van der Waals surface area (Å²) >= 11 is 0. The Hall–Kier alpha value is -2.22. The van der Waals surface area contributed by atoms with Gasteiger partial charge in [0.05, 0.1) is 18.0 Å². The van der Waals surface area contributed by atoms with Crippen LogP contribution in [0.2, 0.25) is 0 Å². The molecule has 0 radical (unpaired) electrons. The van der Waals surface area contributed by atoms with Crippen LogP contribution in [0.5, 0.6) is 0 Å². The molecule has 1 amide bonds. The van der Waals surface area contributed by atoms with Gasteiger partial charge in [0.2, 0.25) is 0 Å². The molecule has 0 aromatic carbocycles. The SMILES string of the molecule is CCn1cc([C@@H]2OCCC[C@H]2CNC(=O)c2nnn(C)c2C)cn1. The third-order valence-corrected chi connectivity index (χ3v) is 4.60. The van der Waals surface area contributed by atoms with Crippen LogP contribution in [0.1, 0.15) is 47.6 Å². The maximum absolute atomic E-state index is 12.3. The molecule has 2 aromatic heterocycles. The average Bonchev–Trinajstić information content (AvgIpc) is 3.20. The summed E-state index contributed by atoms with van der Waals surface area (Å²) in [7, 11) is 1.77. The summed E-state index contributed by atoms with van der Waals surface area (Å²) in [5.74, 6) is 0.0448. The number of ether oxygens (including phenoxy) is 1. The van der Waals surface area contributed by atoms with E-state index in [1.807, 2.05) is 24.0 Å². The highest BCUT2D eigenvalue weighted by molar-refractivity contribution is 5.93. The van der Waals surface area contributed by atoms with E-state index in [0.29, 0.717) is 12.2 Å². The average molecular weight is 332 g/mol. The molecule has 3 rings (SSSR count). The molecule has 0 saturated carbocycles. The van der Waals surface area contributed by atoms with Gasteiger partial charge in [-0.15, -0.1) is 5.10 Å². The highest BCUT2D eigenvalue weighted by atomic mass is 16.5. The third-order valence-electron chi connectivity index (χ3n) is 4.60. The Kier molecular flexibility index (Phi) is 4.94. The van der Waals surface area contributed by atoms with Crippen molar-refractivity contribution in [1.29, 1.82) is 0 Å². The minimum Gasteiger partial charge on any atom is -0.373 e. The van der Waals surface area contributed by atoms with Crippen molar-refractivity contribution in [3.63, 3.8) is 0 Å². The van der Waals surface area contributed by atoms with Crippen molar-refractivity contribution in [3.05, 3.63) is 29.3 Å². The highest BCUT2D eigenvalue weighted by Crippen LogP contribution is 2.33. The summed E-state index contributed by atoms with van der Waals surface area (Å²) in [6.45, 7) is 6.02. The Morgan fingerprint density at radius 1 is 1.50 bits per heavy atom. The minimum atomic E-state index is -0.186. The molecule has 0 aliphatic carbocycles. The van der Waals surface area contributed by atoms with E-state index in [9.17, 15) is 4.79 Å². The van der Waals surface area contributed by atoms with Gasteiger partial charge >= 0.3 is 0 Å². The van der Waals surface area contributed by atoms with E-state index in [-0.39, 0.29) is 17.9 Å². The van der Waals surface area contributed by atoms with E-state index >= 15 is 0 Å². The van der Waals surface area contributed by atoms with Crippen molar-refractivity contribution < 1.29 is 9.53 Å². The molecule has 1 fully saturated rings. The van der Waals surface area contributed by atoms with Crippen LogP contribution in [0.15, 0.2) is 12.4 Å². The number of nitrogens with zero attached hydrogens (tertiary/aromatic N) is 5. The number of rotatable bonds is 5. The fourth-order valence-electron chi connectivity index (χ4n) is 3.04. The summed E-state index contributed by atoms with van der Waals surface area (Å²) in [5, 5.41) is 15.1. The molecule has 1 N–H and O–H groups in total. The molecule has 0 unspecified atom stereocenters. The Morgan fingerprint density at radius 2 is 2.33 bits per heavy atom. The zero-order valence-electron chi connectivity index (χ0n) is 14.4. The molecule has 8 heteroatoms. The van der Waals surface area contributed by atoms with E-state index in [2.05, 4.69) is 27.7 Å². The predicted octanol–water partition coefficient (Wildman–Crippen LogP) is 1.24. The van der Waals surface area contributed by atoms with Crippen molar-refractivity contribution in [2.45, 2.75) is 39.3 Å². The van der Waals surface area contributed by atoms with Crippen LogP contribution in [0.25, 0.3) is 0 Å². The number of hydrogen-bond donors (Lipinski definition) is 1. The van der Waals surface area contributed by atoms with Crippen LogP contribution < -0.4 is 5.32 Å². The molecular formula is C16H24N6O2. The zero-order valence-corrected chi connectivity index (χ0v) is 14.4. The number of aromatic nitrogens is 5. The topological polar surface area (TPSA) is 86.9 Å². The summed E-state index contributed by atoms with van der Waals surface area (Å²) in [5.41, 5.74) is 2.21. The first-order valence-electron chi connectivity index (χ1n) is 8.38. The summed E-state index contributed by atoms with van der Waals surface area (Å²) in [6, 6.07) is 0. The predicted molar refractivity (Wildman–Crippen MR) is 87.4 cm³/mol. The first-order valence-corrected chi connectivity index (χ1v) is 8.38. The van der Waals surface area contributed by atoms with Crippen LogP contribution in [-0.2, 0) is 18.3 Å². The molecule has 2 atom stereocenters. The van der Waals surface area contributed by atoms with Gasteiger partial charge in [-0.3, -0.25) is 14.2 Å². The number of amides is 1. The van der Waals surface area contributed by atoms with E-state index in [0.717, 1.165) is 37.3 Å². The van der Waals surface area contributed by atoms with Gasteiger partial charge in [0.15, 0.2) is 5.69 Å². The lowest BCUT2D eigenvalue weighted by atomic mass is 9.91. The number of carbonyl (C=O) groups excluding carboxylic acids is 1. The van der Waals surface area contributed by atoms with Gasteiger partial charge in [-0.2, -0.15) is 5.10 Å². The van der Waals surface area contributed by atoms with Gasteiger partial charge in [0, 0.05) is 44.4 Å². The fraction of sp³-hybridized carbons (Fsp3) is 0.625. The number of aryl methyl sites for hydroxylation is 2. The number of nitrogens with one attached hydrogen (secondary N) is 1. The Balaban J connectivity index is 1.65. The lowest BCUT2D eigenvalue weighted by molar-refractivity contribution is -0.0273. The second-order valence-electron chi connectivity index (χ2n) is 6.18. The maximum Gasteiger partial charge on any atom is 0.273 e. The Morgan fingerprint density at radius 3 is 3.00 bits per heavy atom. The lowest BCUT2D eigenvalue weighted by Crippen LogP contribution is -2.35. The van der Waals surface area contributed by atoms with Crippen molar-refractivity contribution in [3.8, 4) is 0 Å². The smallest absolute Gasteiger partial charge is 0.273 e. The lowest BCUT2D eigenvalue weighted by Gasteiger charge is -2.31. The molecule has 1 aliphatic rings. The molecule has 24 heavy (non-hydrogen) atoms. The van der Waals surface area contributed by atoms with E-state index in [4.69, 9.17) is 4.74 Å². The first kappa shape index (κ1) is 16.6. The van der Waals surface area contributed by atoms with Crippen LogP contribution in [-0.4, -0.2) is 43.8 Å². The minimum absolute atomic E-state index is 0.0256. The van der Waals surface area contributed by atoms with Crippen molar-refractivity contribution in [2.24, 2.45) is 13.0 Å². The molecule has 1 saturated heterocycles. The summed E-state index contributed by atoms with van der Waals surface area (Å²) in [4.78, 5) is 12.3. The summed E-state index contributed by atoms with van der Waals surface area (Å²) in [6.07, 6.45) is 5.88. The van der Waals surface area contributed by atoms with Gasteiger partial charge in [-0.05, 0) is 26.7 Å².